The zero-order valence-electron chi connectivity index (χ0n) is 14.0. The van der Waals surface area contributed by atoms with Gasteiger partial charge in [-0.25, -0.2) is 9.98 Å². The Bertz CT molecular complexity index is 472. The first-order chi connectivity index (χ1) is 11.3. The average molecular weight is 321 g/mol. The van der Waals surface area contributed by atoms with Gasteiger partial charge in [-0.3, -0.25) is 4.90 Å². The molecule has 1 aliphatic rings. The van der Waals surface area contributed by atoms with E-state index in [1.807, 2.05) is 12.1 Å². The van der Waals surface area contributed by atoms with Gasteiger partial charge in [0.25, 0.3) is 0 Å². The average Bonchev–Trinajstić information content (AvgIpc) is 2.61. The first kappa shape index (κ1) is 17.5. The fourth-order valence-electron chi connectivity index (χ4n) is 2.29. The first-order valence-electron chi connectivity index (χ1n) is 8.13. The highest BCUT2D eigenvalue weighted by Crippen LogP contribution is 2.07. The molecular formula is C16H27N5O2. The Morgan fingerprint density at radius 2 is 2.17 bits per heavy atom. The molecule has 0 radical (unpaired) electrons. The zero-order chi connectivity index (χ0) is 16.3. The monoisotopic (exact) mass is 321 g/mol. The standard InChI is InChI=1S/C16H27N5O2/c1-3-17-16(18-6-7-21-8-10-23-11-9-21)20-13-14-4-5-15(22-2)19-12-14/h4-5,12H,3,6-11,13H2,1-2H3,(H2,17,18,20). The van der Waals surface area contributed by atoms with Crippen molar-refractivity contribution in [1.29, 1.82) is 0 Å². The summed E-state index contributed by atoms with van der Waals surface area (Å²) in [5.41, 5.74) is 1.05. The lowest BCUT2D eigenvalue weighted by Crippen LogP contribution is -2.44. The van der Waals surface area contributed by atoms with Crippen molar-refractivity contribution in [1.82, 2.24) is 20.5 Å². The Morgan fingerprint density at radius 1 is 1.35 bits per heavy atom. The van der Waals surface area contributed by atoms with Crippen LogP contribution in [0.5, 0.6) is 5.88 Å². The van der Waals surface area contributed by atoms with E-state index in [2.05, 4.69) is 32.4 Å². The summed E-state index contributed by atoms with van der Waals surface area (Å²) in [4.78, 5) is 11.2. The summed E-state index contributed by atoms with van der Waals surface area (Å²) in [6.45, 7) is 9.03. The van der Waals surface area contributed by atoms with Gasteiger partial charge in [0.05, 0.1) is 26.9 Å². The van der Waals surface area contributed by atoms with Gasteiger partial charge in [0.1, 0.15) is 0 Å². The van der Waals surface area contributed by atoms with Gasteiger partial charge < -0.3 is 20.1 Å². The minimum absolute atomic E-state index is 0.587. The lowest BCUT2D eigenvalue weighted by atomic mass is 10.3. The van der Waals surface area contributed by atoms with Gasteiger partial charge in [-0.05, 0) is 12.5 Å². The summed E-state index contributed by atoms with van der Waals surface area (Å²) < 4.78 is 10.4. The molecule has 1 aliphatic heterocycles. The third-order valence-corrected chi connectivity index (χ3v) is 3.59. The molecule has 0 amide bonds. The number of nitrogens with zero attached hydrogens (tertiary/aromatic N) is 3. The summed E-state index contributed by atoms with van der Waals surface area (Å²) in [7, 11) is 1.61. The van der Waals surface area contributed by atoms with E-state index in [4.69, 9.17) is 9.47 Å². The van der Waals surface area contributed by atoms with Crippen molar-refractivity contribution >= 4 is 5.96 Å². The van der Waals surface area contributed by atoms with Gasteiger partial charge in [0.2, 0.25) is 5.88 Å². The van der Waals surface area contributed by atoms with Crippen LogP contribution in [0, 0.1) is 0 Å². The number of morpholine rings is 1. The maximum atomic E-state index is 5.36. The second kappa shape index (κ2) is 10.0. The Balaban J connectivity index is 1.78. The SMILES string of the molecule is CCNC(=NCc1ccc(OC)nc1)NCCN1CCOCC1. The van der Waals surface area contributed by atoms with Gasteiger partial charge in [0.15, 0.2) is 5.96 Å². The van der Waals surface area contributed by atoms with Crippen LogP contribution >= 0.6 is 0 Å². The van der Waals surface area contributed by atoms with E-state index in [1.54, 1.807) is 13.3 Å². The maximum absolute atomic E-state index is 5.36. The van der Waals surface area contributed by atoms with Crippen molar-refractivity contribution in [2.24, 2.45) is 4.99 Å². The molecular weight excluding hydrogens is 294 g/mol. The van der Waals surface area contributed by atoms with E-state index < -0.39 is 0 Å². The fraction of sp³-hybridized carbons (Fsp3) is 0.625. The molecule has 1 saturated heterocycles. The van der Waals surface area contributed by atoms with Crippen LogP contribution in [-0.4, -0.2) is 68.9 Å². The Hall–Kier alpha value is -1.86. The molecule has 2 N–H and O–H groups in total. The number of ether oxygens (including phenoxy) is 2. The van der Waals surface area contributed by atoms with E-state index >= 15 is 0 Å². The van der Waals surface area contributed by atoms with Gasteiger partial charge in [-0.15, -0.1) is 0 Å². The van der Waals surface area contributed by atoms with E-state index in [9.17, 15) is 0 Å². The van der Waals surface area contributed by atoms with E-state index in [-0.39, 0.29) is 0 Å². The quantitative estimate of drug-likeness (QED) is 0.562. The summed E-state index contributed by atoms with van der Waals surface area (Å²) in [6, 6.07) is 3.83. The summed E-state index contributed by atoms with van der Waals surface area (Å²) in [5.74, 6) is 1.45. The van der Waals surface area contributed by atoms with E-state index in [0.29, 0.717) is 12.4 Å². The van der Waals surface area contributed by atoms with Gasteiger partial charge in [-0.2, -0.15) is 0 Å². The Labute approximate surface area is 138 Å². The number of hydrogen-bond donors (Lipinski definition) is 2. The van der Waals surface area contributed by atoms with Crippen molar-refractivity contribution in [2.75, 3.05) is 53.0 Å². The van der Waals surface area contributed by atoms with E-state index in [0.717, 1.165) is 57.5 Å². The van der Waals surface area contributed by atoms with Crippen molar-refractivity contribution in [3.05, 3.63) is 23.9 Å². The molecule has 1 aromatic heterocycles. The molecule has 0 aromatic carbocycles. The number of rotatable bonds is 7. The van der Waals surface area contributed by atoms with Gasteiger partial charge in [0, 0.05) is 45.0 Å². The maximum Gasteiger partial charge on any atom is 0.212 e. The van der Waals surface area contributed by atoms with Crippen molar-refractivity contribution in [3.8, 4) is 5.88 Å². The molecule has 7 nitrogen and oxygen atoms in total. The molecule has 23 heavy (non-hydrogen) atoms. The van der Waals surface area contributed by atoms with Crippen molar-refractivity contribution < 1.29 is 9.47 Å². The molecule has 1 aromatic rings. The van der Waals surface area contributed by atoms with Crippen LogP contribution in [0.3, 0.4) is 0 Å². The van der Waals surface area contributed by atoms with Gasteiger partial charge >= 0.3 is 0 Å². The number of aromatic nitrogens is 1. The predicted octanol–water partition coefficient (Wildman–Crippen LogP) is 0.478. The fourth-order valence-corrected chi connectivity index (χ4v) is 2.29. The molecule has 1 fully saturated rings. The second-order valence-electron chi connectivity index (χ2n) is 5.28. The number of nitrogens with one attached hydrogen (secondary N) is 2. The number of aliphatic imine (C=N–C) groups is 1. The Morgan fingerprint density at radius 3 is 2.83 bits per heavy atom. The highest BCUT2D eigenvalue weighted by molar-refractivity contribution is 5.79. The van der Waals surface area contributed by atoms with Crippen molar-refractivity contribution in [3.63, 3.8) is 0 Å². The number of guanidine groups is 1. The smallest absolute Gasteiger partial charge is 0.212 e. The van der Waals surface area contributed by atoms with Crippen LogP contribution in [0.1, 0.15) is 12.5 Å². The number of pyridine rings is 1. The molecule has 2 heterocycles. The molecule has 2 rings (SSSR count). The molecule has 0 spiro atoms. The van der Waals surface area contributed by atoms with Crippen LogP contribution in [-0.2, 0) is 11.3 Å². The normalized spacial score (nSPS) is 16.2. The minimum atomic E-state index is 0.587. The van der Waals surface area contributed by atoms with Crippen LogP contribution < -0.4 is 15.4 Å². The van der Waals surface area contributed by atoms with E-state index in [1.165, 1.54) is 0 Å². The lowest BCUT2D eigenvalue weighted by molar-refractivity contribution is 0.0389. The number of methoxy groups -OCH3 is 1. The molecule has 0 bridgehead atoms. The summed E-state index contributed by atoms with van der Waals surface area (Å²) in [6.07, 6.45) is 1.79. The molecule has 7 heteroatoms. The minimum Gasteiger partial charge on any atom is -0.481 e. The van der Waals surface area contributed by atoms with Crippen LogP contribution in [0.15, 0.2) is 23.3 Å². The largest absolute Gasteiger partial charge is 0.481 e. The third-order valence-electron chi connectivity index (χ3n) is 3.59. The molecule has 128 valence electrons. The summed E-state index contributed by atoms with van der Waals surface area (Å²) in [5, 5.41) is 6.64. The molecule has 0 aliphatic carbocycles. The van der Waals surface area contributed by atoms with Gasteiger partial charge in [-0.1, -0.05) is 6.07 Å². The van der Waals surface area contributed by atoms with Crippen LogP contribution in [0.2, 0.25) is 0 Å². The van der Waals surface area contributed by atoms with Crippen molar-refractivity contribution in [2.45, 2.75) is 13.5 Å². The number of hydrogen-bond acceptors (Lipinski definition) is 5. The zero-order valence-corrected chi connectivity index (χ0v) is 14.0. The highest BCUT2D eigenvalue weighted by atomic mass is 16.5. The lowest BCUT2D eigenvalue weighted by Gasteiger charge is -2.26. The molecule has 0 saturated carbocycles. The third kappa shape index (κ3) is 6.42. The topological polar surface area (TPSA) is 71.0 Å². The Kier molecular flexibility index (Phi) is 7.62. The predicted molar refractivity (Wildman–Crippen MR) is 90.9 cm³/mol. The first-order valence-corrected chi connectivity index (χ1v) is 8.13. The van der Waals surface area contributed by atoms with Crippen LogP contribution in [0.4, 0.5) is 0 Å². The molecule has 0 atom stereocenters. The summed E-state index contributed by atoms with van der Waals surface area (Å²) >= 11 is 0. The molecule has 0 unspecified atom stereocenters. The van der Waals surface area contributed by atoms with Crippen LogP contribution in [0.25, 0.3) is 0 Å². The highest BCUT2D eigenvalue weighted by Gasteiger charge is 2.09. The second-order valence-corrected chi connectivity index (χ2v) is 5.28.